The smallest absolute Gasteiger partial charge is 0.409 e. The summed E-state index contributed by atoms with van der Waals surface area (Å²) in [4.78, 5) is -0.277. The van der Waals surface area contributed by atoms with Crippen LogP contribution in [0, 0.1) is 5.82 Å². The molecule has 2 aromatic rings. The summed E-state index contributed by atoms with van der Waals surface area (Å²) >= 11 is 0. The van der Waals surface area contributed by atoms with Crippen molar-refractivity contribution in [3.63, 3.8) is 0 Å². The number of sulfonamides is 1. The van der Waals surface area contributed by atoms with Crippen molar-refractivity contribution in [3.8, 4) is 5.75 Å². The molecule has 1 aliphatic rings. The summed E-state index contributed by atoms with van der Waals surface area (Å²) in [5, 5.41) is 0. The van der Waals surface area contributed by atoms with Gasteiger partial charge in [0.1, 0.15) is 17.6 Å². The molecule has 0 aromatic heterocycles. The molecule has 1 aliphatic heterocycles. The van der Waals surface area contributed by atoms with Gasteiger partial charge in [0.2, 0.25) is 10.0 Å². The van der Waals surface area contributed by atoms with Crippen LogP contribution in [0.2, 0.25) is 0 Å². The van der Waals surface area contributed by atoms with Gasteiger partial charge in [-0.15, -0.1) is 0 Å². The summed E-state index contributed by atoms with van der Waals surface area (Å²) in [6, 6.07) is 5.28. The van der Waals surface area contributed by atoms with Gasteiger partial charge >= 0.3 is 6.18 Å². The van der Waals surface area contributed by atoms with Gasteiger partial charge in [-0.3, -0.25) is 0 Å². The van der Waals surface area contributed by atoms with E-state index in [0.29, 0.717) is 23.1 Å². The first-order valence-electron chi connectivity index (χ1n) is 8.24. The number of halogens is 4. The second kappa shape index (κ2) is 7.12. The Morgan fingerprint density at radius 3 is 2.41 bits per heavy atom. The quantitative estimate of drug-likeness (QED) is 0.707. The van der Waals surface area contributed by atoms with Gasteiger partial charge in [-0.1, -0.05) is 25.1 Å². The highest BCUT2D eigenvalue weighted by Crippen LogP contribution is 2.41. The van der Waals surface area contributed by atoms with E-state index >= 15 is 0 Å². The van der Waals surface area contributed by atoms with Crippen molar-refractivity contribution in [1.82, 2.24) is 4.31 Å². The summed E-state index contributed by atoms with van der Waals surface area (Å²) in [6.45, 7) is 1.31. The zero-order valence-corrected chi connectivity index (χ0v) is 15.1. The predicted octanol–water partition coefficient (Wildman–Crippen LogP) is 4.07. The molecule has 0 fully saturated rings. The number of ether oxygens (including phenoxy) is 1. The normalized spacial score (nSPS) is 15.5. The van der Waals surface area contributed by atoms with Crippen molar-refractivity contribution in [2.45, 2.75) is 30.5 Å². The number of nitrogens with zero attached hydrogens (tertiary/aromatic N) is 1. The Bertz CT molecular complexity index is 927. The molecule has 1 atom stereocenters. The Balaban J connectivity index is 2.07. The van der Waals surface area contributed by atoms with E-state index in [9.17, 15) is 26.0 Å². The van der Waals surface area contributed by atoms with E-state index in [-0.39, 0.29) is 10.5 Å². The number of alkyl halides is 3. The van der Waals surface area contributed by atoms with Gasteiger partial charge < -0.3 is 4.74 Å². The molecule has 3 rings (SSSR count). The number of hydrogen-bond donors (Lipinski definition) is 0. The Labute approximate surface area is 154 Å². The van der Waals surface area contributed by atoms with E-state index in [2.05, 4.69) is 0 Å². The number of fused-ring (bicyclic) bond motifs is 1. The molecular formula is C18H17F4NO3S. The zero-order valence-electron chi connectivity index (χ0n) is 14.3. The molecule has 4 nitrogen and oxygen atoms in total. The van der Waals surface area contributed by atoms with E-state index in [1.807, 2.05) is 0 Å². The van der Waals surface area contributed by atoms with E-state index in [0.717, 1.165) is 29.8 Å². The molecule has 0 N–H and O–H groups in total. The van der Waals surface area contributed by atoms with Gasteiger partial charge in [0.05, 0.1) is 11.5 Å². The van der Waals surface area contributed by atoms with Crippen molar-refractivity contribution < 1.29 is 30.7 Å². The SMILES string of the molecule is CCN(C(c1ccc(F)cc1)C(F)(F)F)S(=O)(=O)c1ccc2c(c1)OCC2. The lowest BCUT2D eigenvalue weighted by molar-refractivity contribution is -0.173. The van der Waals surface area contributed by atoms with Crippen LogP contribution in [-0.2, 0) is 16.4 Å². The molecule has 0 aliphatic carbocycles. The van der Waals surface area contributed by atoms with Crippen LogP contribution in [0.5, 0.6) is 5.75 Å². The topological polar surface area (TPSA) is 46.6 Å². The van der Waals surface area contributed by atoms with Crippen molar-refractivity contribution in [2.24, 2.45) is 0 Å². The molecule has 2 aromatic carbocycles. The largest absolute Gasteiger partial charge is 0.493 e. The summed E-state index contributed by atoms with van der Waals surface area (Å²) in [7, 11) is -4.47. The highest BCUT2D eigenvalue weighted by Gasteiger charge is 2.48. The van der Waals surface area contributed by atoms with Crippen LogP contribution in [0.3, 0.4) is 0 Å². The van der Waals surface area contributed by atoms with Gasteiger partial charge in [0.25, 0.3) is 0 Å². The first-order chi connectivity index (χ1) is 12.6. The number of hydrogen-bond acceptors (Lipinski definition) is 3. The third-order valence-electron chi connectivity index (χ3n) is 4.37. The van der Waals surface area contributed by atoms with Crippen LogP contribution in [0.4, 0.5) is 17.6 Å². The average Bonchev–Trinajstić information content (AvgIpc) is 3.07. The molecule has 146 valence electrons. The van der Waals surface area contributed by atoms with Crippen LogP contribution in [-0.4, -0.2) is 32.1 Å². The van der Waals surface area contributed by atoms with Crippen LogP contribution in [0.25, 0.3) is 0 Å². The minimum Gasteiger partial charge on any atom is -0.493 e. The van der Waals surface area contributed by atoms with E-state index in [1.165, 1.54) is 19.1 Å². The minimum atomic E-state index is -4.88. The van der Waals surface area contributed by atoms with Gasteiger partial charge in [0, 0.05) is 19.0 Å². The van der Waals surface area contributed by atoms with Crippen LogP contribution in [0.15, 0.2) is 47.4 Å². The first-order valence-corrected chi connectivity index (χ1v) is 9.68. The fraction of sp³-hybridized carbons (Fsp3) is 0.333. The molecule has 0 saturated heterocycles. The van der Waals surface area contributed by atoms with Crippen LogP contribution < -0.4 is 4.74 Å². The fourth-order valence-corrected chi connectivity index (χ4v) is 4.72. The molecule has 1 heterocycles. The molecule has 9 heteroatoms. The highest BCUT2D eigenvalue weighted by atomic mass is 32.2. The highest BCUT2D eigenvalue weighted by molar-refractivity contribution is 7.89. The maximum atomic E-state index is 13.8. The summed E-state index contributed by atoms with van der Waals surface area (Å²) < 4.78 is 86.2. The molecule has 0 radical (unpaired) electrons. The van der Waals surface area contributed by atoms with Crippen molar-refractivity contribution in [1.29, 1.82) is 0 Å². The van der Waals surface area contributed by atoms with Crippen molar-refractivity contribution >= 4 is 10.0 Å². The summed E-state index contributed by atoms with van der Waals surface area (Å²) in [5.41, 5.74) is 0.453. The molecule has 1 unspecified atom stereocenters. The molecule has 0 bridgehead atoms. The average molecular weight is 403 g/mol. The number of rotatable bonds is 5. The van der Waals surface area contributed by atoms with Gasteiger partial charge in [-0.2, -0.15) is 17.5 Å². The molecule has 0 spiro atoms. The summed E-state index contributed by atoms with van der Waals surface area (Å²) in [5.74, 6) is -0.348. The Hall–Kier alpha value is -2.13. The van der Waals surface area contributed by atoms with Gasteiger partial charge in [-0.05, 0) is 29.3 Å². The lowest BCUT2D eigenvalue weighted by Crippen LogP contribution is -2.42. The fourth-order valence-electron chi connectivity index (χ4n) is 3.10. The Morgan fingerprint density at radius 1 is 1.15 bits per heavy atom. The van der Waals surface area contributed by atoms with Crippen LogP contribution in [0.1, 0.15) is 24.1 Å². The van der Waals surface area contributed by atoms with E-state index in [1.54, 1.807) is 6.07 Å². The zero-order chi connectivity index (χ0) is 19.8. The molecule has 27 heavy (non-hydrogen) atoms. The Kier molecular flexibility index (Phi) is 5.18. The van der Waals surface area contributed by atoms with Gasteiger partial charge in [-0.25, -0.2) is 12.8 Å². The third-order valence-corrected chi connectivity index (χ3v) is 6.31. The molecular weight excluding hydrogens is 386 g/mol. The van der Waals surface area contributed by atoms with Gasteiger partial charge in [0.15, 0.2) is 0 Å². The predicted molar refractivity (Wildman–Crippen MR) is 90.4 cm³/mol. The van der Waals surface area contributed by atoms with E-state index in [4.69, 9.17) is 4.74 Å². The standard InChI is InChI=1S/C18H17F4NO3S/c1-2-23(17(18(20,21)22)13-3-6-14(19)7-4-13)27(24,25)15-8-5-12-9-10-26-16(12)11-15/h3-8,11,17H,2,9-10H2,1H3. The van der Waals surface area contributed by atoms with Crippen LogP contribution >= 0.6 is 0 Å². The second-order valence-corrected chi connectivity index (χ2v) is 7.96. The molecule has 0 amide bonds. The van der Waals surface area contributed by atoms with Crippen molar-refractivity contribution in [2.75, 3.05) is 13.2 Å². The first kappa shape index (κ1) is 19.6. The number of benzene rings is 2. The van der Waals surface area contributed by atoms with Crippen molar-refractivity contribution in [3.05, 3.63) is 59.4 Å². The third kappa shape index (κ3) is 3.79. The minimum absolute atomic E-state index is 0.277. The lowest BCUT2D eigenvalue weighted by atomic mass is 10.1. The van der Waals surface area contributed by atoms with E-state index < -0.39 is 34.6 Å². The second-order valence-electron chi connectivity index (χ2n) is 6.07. The summed E-state index contributed by atoms with van der Waals surface area (Å²) in [6.07, 6.45) is -4.26. The maximum absolute atomic E-state index is 13.8. The Morgan fingerprint density at radius 2 is 1.81 bits per heavy atom. The molecule has 0 saturated carbocycles. The maximum Gasteiger partial charge on any atom is 0.409 e. The lowest BCUT2D eigenvalue weighted by Gasteiger charge is -2.31. The monoisotopic (exact) mass is 403 g/mol.